The van der Waals surface area contributed by atoms with Crippen LogP contribution in [-0.4, -0.2) is 44.0 Å². The number of hydrogen-bond donors (Lipinski definition) is 1. The van der Waals surface area contributed by atoms with Gasteiger partial charge in [-0.2, -0.15) is 0 Å². The van der Waals surface area contributed by atoms with Crippen molar-refractivity contribution in [1.82, 2.24) is 4.90 Å². The lowest BCUT2D eigenvalue weighted by molar-refractivity contribution is 0.332. The number of sulfone groups is 1. The van der Waals surface area contributed by atoms with Crippen LogP contribution < -0.4 is 5.32 Å². The molecule has 1 heterocycles. The molecule has 1 fully saturated rings. The number of likely N-dealkylation sites (tertiary alicyclic amines) is 1. The minimum Gasteiger partial charge on any atom is -0.381 e. The molecular formula is C16H26N2O2S. The van der Waals surface area contributed by atoms with E-state index in [1.165, 1.54) is 18.4 Å². The van der Waals surface area contributed by atoms with Crippen molar-refractivity contribution in [2.24, 2.45) is 0 Å². The molecule has 0 radical (unpaired) electrons. The number of nitrogens with zero attached hydrogens (tertiary/aromatic N) is 1. The third kappa shape index (κ3) is 5.00. The fourth-order valence-corrected chi connectivity index (χ4v) is 3.87. The quantitative estimate of drug-likeness (QED) is 0.841. The average molecular weight is 310 g/mol. The minimum absolute atomic E-state index is 0.0744. The number of rotatable bonds is 7. The summed E-state index contributed by atoms with van der Waals surface area (Å²) in [6.07, 6.45) is 2.56. The van der Waals surface area contributed by atoms with Gasteiger partial charge in [0.25, 0.3) is 0 Å². The van der Waals surface area contributed by atoms with Gasteiger partial charge in [0.1, 0.15) is 0 Å². The van der Waals surface area contributed by atoms with Gasteiger partial charge in [0, 0.05) is 24.0 Å². The van der Waals surface area contributed by atoms with Gasteiger partial charge in [0.15, 0.2) is 9.84 Å². The van der Waals surface area contributed by atoms with Crippen LogP contribution in [0.25, 0.3) is 0 Å². The van der Waals surface area contributed by atoms with Crippen molar-refractivity contribution in [3.63, 3.8) is 0 Å². The molecule has 0 aliphatic carbocycles. The highest BCUT2D eigenvalue weighted by Gasteiger charge is 2.16. The first kappa shape index (κ1) is 16.3. The summed E-state index contributed by atoms with van der Waals surface area (Å²) in [5.41, 5.74) is 2.31. The first-order valence-corrected chi connectivity index (χ1v) is 9.59. The highest BCUT2D eigenvalue weighted by Crippen LogP contribution is 2.20. The summed E-state index contributed by atoms with van der Waals surface area (Å²) in [4.78, 5) is 2.45. The second-order valence-electron chi connectivity index (χ2n) is 5.88. The summed E-state index contributed by atoms with van der Waals surface area (Å²) < 4.78 is 23.4. The Balaban J connectivity index is 2.02. The van der Waals surface area contributed by atoms with Gasteiger partial charge in [0.05, 0.1) is 5.75 Å². The Morgan fingerprint density at radius 3 is 2.57 bits per heavy atom. The molecule has 1 atom stereocenters. The van der Waals surface area contributed by atoms with Gasteiger partial charge < -0.3 is 5.32 Å². The zero-order valence-corrected chi connectivity index (χ0v) is 13.8. The molecule has 2 rings (SSSR count). The third-order valence-corrected chi connectivity index (χ3v) is 5.84. The first-order valence-electron chi connectivity index (χ1n) is 7.77. The van der Waals surface area contributed by atoms with E-state index in [0.717, 1.165) is 25.3 Å². The Labute approximate surface area is 128 Å². The van der Waals surface area contributed by atoms with Crippen LogP contribution in [-0.2, 0) is 16.4 Å². The Bertz CT molecular complexity index is 551. The van der Waals surface area contributed by atoms with Crippen molar-refractivity contribution >= 4 is 15.5 Å². The number of hydrogen-bond acceptors (Lipinski definition) is 4. The van der Waals surface area contributed by atoms with Crippen LogP contribution >= 0.6 is 0 Å². The van der Waals surface area contributed by atoms with E-state index in [9.17, 15) is 8.42 Å². The zero-order chi connectivity index (χ0) is 15.3. The Morgan fingerprint density at radius 2 is 1.90 bits per heavy atom. The summed E-state index contributed by atoms with van der Waals surface area (Å²) in [5.74, 6) is 0.385. The van der Waals surface area contributed by atoms with Gasteiger partial charge in [-0.15, -0.1) is 0 Å². The van der Waals surface area contributed by atoms with Crippen LogP contribution in [0.3, 0.4) is 0 Å². The maximum atomic E-state index is 11.7. The van der Waals surface area contributed by atoms with Crippen LogP contribution in [0.1, 0.15) is 32.3 Å². The van der Waals surface area contributed by atoms with E-state index in [4.69, 9.17) is 0 Å². The SMILES string of the molecule is CCS(=O)(=O)CC(C)Nc1ccccc1CN1CCCC1. The molecule has 1 N–H and O–H groups in total. The van der Waals surface area contributed by atoms with E-state index in [1.807, 2.05) is 25.1 Å². The average Bonchev–Trinajstić information content (AvgIpc) is 2.93. The van der Waals surface area contributed by atoms with Crippen LogP contribution in [0.5, 0.6) is 0 Å². The summed E-state index contributed by atoms with van der Waals surface area (Å²) in [7, 11) is -2.95. The van der Waals surface area contributed by atoms with Gasteiger partial charge in [-0.1, -0.05) is 25.1 Å². The van der Waals surface area contributed by atoms with Gasteiger partial charge in [-0.05, 0) is 44.5 Å². The maximum absolute atomic E-state index is 11.7. The van der Waals surface area contributed by atoms with Crippen molar-refractivity contribution in [2.75, 3.05) is 29.9 Å². The maximum Gasteiger partial charge on any atom is 0.152 e. The van der Waals surface area contributed by atoms with Gasteiger partial charge >= 0.3 is 0 Å². The predicted octanol–water partition coefficient (Wildman–Crippen LogP) is 2.52. The Morgan fingerprint density at radius 1 is 1.24 bits per heavy atom. The standard InChI is InChI=1S/C16H26N2O2S/c1-3-21(19,20)13-14(2)17-16-9-5-4-8-15(16)12-18-10-6-7-11-18/h4-5,8-9,14,17H,3,6-7,10-13H2,1-2H3. The minimum atomic E-state index is -2.95. The molecule has 1 saturated heterocycles. The van der Waals surface area contributed by atoms with Crippen LogP contribution in [0.2, 0.25) is 0 Å². The fraction of sp³-hybridized carbons (Fsp3) is 0.625. The second kappa shape index (κ2) is 7.27. The van der Waals surface area contributed by atoms with E-state index in [1.54, 1.807) is 6.92 Å². The van der Waals surface area contributed by atoms with Gasteiger partial charge in [-0.25, -0.2) is 8.42 Å². The van der Waals surface area contributed by atoms with Crippen molar-refractivity contribution in [2.45, 2.75) is 39.3 Å². The van der Waals surface area contributed by atoms with E-state index >= 15 is 0 Å². The number of anilines is 1. The molecule has 5 heteroatoms. The molecule has 1 aliphatic rings. The van der Waals surface area contributed by atoms with Crippen LogP contribution in [0.15, 0.2) is 24.3 Å². The normalized spacial score (nSPS) is 17.8. The third-order valence-electron chi connectivity index (χ3n) is 3.96. The number of nitrogens with one attached hydrogen (secondary N) is 1. The smallest absolute Gasteiger partial charge is 0.152 e. The van der Waals surface area contributed by atoms with Crippen molar-refractivity contribution in [1.29, 1.82) is 0 Å². The number of benzene rings is 1. The highest BCUT2D eigenvalue weighted by molar-refractivity contribution is 7.91. The fourth-order valence-electron chi connectivity index (χ4n) is 2.79. The molecule has 0 spiro atoms. The molecule has 0 bridgehead atoms. The van der Waals surface area contributed by atoms with Crippen molar-refractivity contribution < 1.29 is 8.42 Å². The van der Waals surface area contributed by atoms with E-state index in [-0.39, 0.29) is 17.5 Å². The van der Waals surface area contributed by atoms with E-state index in [2.05, 4.69) is 16.3 Å². The summed E-state index contributed by atoms with van der Waals surface area (Å²) >= 11 is 0. The van der Waals surface area contributed by atoms with E-state index in [0.29, 0.717) is 0 Å². The van der Waals surface area contributed by atoms with E-state index < -0.39 is 9.84 Å². The molecule has 1 aliphatic heterocycles. The van der Waals surface area contributed by atoms with Crippen molar-refractivity contribution in [3.8, 4) is 0 Å². The van der Waals surface area contributed by atoms with Gasteiger partial charge in [0.2, 0.25) is 0 Å². The van der Waals surface area contributed by atoms with Crippen molar-refractivity contribution in [3.05, 3.63) is 29.8 Å². The second-order valence-corrected chi connectivity index (χ2v) is 8.28. The lowest BCUT2D eigenvalue weighted by Crippen LogP contribution is -2.27. The molecule has 0 saturated carbocycles. The zero-order valence-electron chi connectivity index (χ0n) is 13.0. The predicted molar refractivity (Wildman–Crippen MR) is 88.4 cm³/mol. The van der Waals surface area contributed by atoms with Crippen LogP contribution in [0.4, 0.5) is 5.69 Å². The number of para-hydroxylation sites is 1. The molecule has 1 aromatic carbocycles. The molecule has 118 valence electrons. The molecular weight excluding hydrogens is 284 g/mol. The molecule has 4 nitrogen and oxygen atoms in total. The lowest BCUT2D eigenvalue weighted by Gasteiger charge is -2.21. The van der Waals surface area contributed by atoms with Gasteiger partial charge in [-0.3, -0.25) is 4.90 Å². The monoisotopic (exact) mass is 310 g/mol. The van der Waals surface area contributed by atoms with Crippen LogP contribution in [0, 0.1) is 0 Å². The molecule has 0 amide bonds. The molecule has 1 aromatic rings. The Hall–Kier alpha value is -1.07. The first-order chi connectivity index (χ1) is 10.00. The lowest BCUT2D eigenvalue weighted by atomic mass is 10.1. The summed E-state index contributed by atoms with van der Waals surface area (Å²) in [5, 5.41) is 3.37. The summed E-state index contributed by atoms with van der Waals surface area (Å²) in [6, 6.07) is 8.14. The largest absolute Gasteiger partial charge is 0.381 e. The molecule has 21 heavy (non-hydrogen) atoms. The molecule has 0 aromatic heterocycles. The topological polar surface area (TPSA) is 49.4 Å². The highest BCUT2D eigenvalue weighted by atomic mass is 32.2. The summed E-state index contributed by atoms with van der Waals surface area (Å²) in [6.45, 7) is 6.89. The Kier molecular flexibility index (Phi) is 5.65. The molecule has 1 unspecified atom stereocenters.